The van der Waals surface area contributed by atoms with E-state index in [2.05, 4.69) is 45.2 Å². The largest absolute Gasteiger partial charge is 0.0815 e. The van der Waals surface area contributed by atoms with Gasteiger partial charge in [-0.3, -0.25) is 0 Å². The molecule has 2 atom stereocenters. The van der Waals surface area contributed by atoms with E-state index in [4.69, 9.17) is 0 Å². The highest BCUT2D eigenvalue weighted by molar-refractivity contribution is 14.1. The van der Waals surface area contributed by atoms with Gasteiger partial charge in [0.15, 0.2) is 0 Å². The minimum absolute atomic E-state index is 0.989. The number of hydrogen-bond donors (Lipinski definition) is 0. The average Bonchev–Trinajstić information content (AvgIpc) is 1.61. The van der Waals surface area contributed by atoms with Crippen molar-refractivity contribution >= 4 is 45.2 Å². The predicted molar refractivity (Wildman–Crippen MR) is 44.9 cm³/mol. The zero-order chi connectivity index (χ0) is 4.57. The van der Waals surface area contributed by atoms with Crippen LogP contribution in [0.25, 0.3) is 0 Å². The summed E-state index contributed by atoms with van der Waals surface area (Å²) in [6.07, 6.45) is 2.91. The molecule has 1 rings (SSSR count). The van der Waals surface area contributed by atoms with E-state index in [-0.39, 0.29) is 0 Å². The Balaban J connectivity index is 2.20. The van der Waals surface area contributed by atoms with Crippen molar-refractivity contribution < 1.29 is 0 Å². The molecular weight excluding hydrogens is 302 g/mol. The molecule has 0 aliphatic heterocycles. The van der Waals surface area contributed by atoms with Gasteiger partial charge >= 0.3 is 0 Å². The number of alkyl halides is 2. The molecule has 0 aromatic heterocycles. The molecule has 0 N–H and O–H groups in total. The number of halogens is 2. The van der Waals surface area contributed by atoms with Gasteiger partial charge in [0.25, 0.3) is 0 Å². The zero-order valence-corrected chi connectivity index (χ0v) is 7.64. The van der Waals surface area contributed by atoms with Crippen molar-refractivity contribution in [1.29, 1.82) is 0 Å². The van der Waals surface area contributed by atoms with Crippen LogP contribution in [-0.4, -0.2) is 7.85 Å². The standard InChI is InChI=1S/C4H6I2/c5-3-1-2-4(3)6/h3-4H,1-2H2/t3-,4?/m0/s1. The summed E-state index contributed by atoms with van der Waals surface area (Å²) in [4.78, 5) is 0. The summed E-state index contributed by atoms with van der Waals surface area (Å²) in [5, 5.41) is 0. The molecule has 0 nitrogen and oxygen atoms in total. The maximum Gasteiger partial charge on any atom is 0.0228 e. The van der Waals surface area contributed by atoms with Gasteiger partial charge in [0.1, 0.15) is 0 Å². The van der Waals surface area contributed by atoms with Crippen LogP contribution in [-0.2, 0) is 0 Å². The first-order chi connectivity index (χ1) is 2.80. The van der Waals surface area contributed by atoms with Gasteiger partial charge in [-0.25, -0.2) is 0 Å². The first kappa shape index (κ1) is 5.59. The third-order valence-corrected chi connectivity index (χ3v) is 5.47. The lowest BCUT2D eigenvalue weighted by molar-refractivity contribution is 0.578. The summed E-state index contributed by atoms with van der Waals surface area (Å²) in [6, 6.07) is 0. The van der Waals surface area contributed by atoms with Crippen molar-refractivity contribution in [3.05, 3.63) is 0 Å². The van der Waals surface area contributed by atoms with E-state index >= 15 is 0 Å². The van der Waals surface area contributed by atoms with Gasteiger partial charge in [-0.1, -0.05) is 45.2 Å². The first-order valence-electron chi connectivity index (χ1n) is 2.09. The second-order valence-electron chi connectivity index (χ2n) is 1.61. The van der Waals surface area contributed by atoms with Crippen molar-refractivity contribution in [2.75, 3.05) is 0 Å². The van der Waals surface area contributed by atoms with Crippen LogP contribution in [0.3, 0.4) is 0 Å². The summed E-state index contributed by atoms with van der Waals surface area (Å²) in [7, 11) is 0. The third-order valence-electron chi connectivity index (χ3n) is 1.11. The third kappa shape index (κ3) is 0.993. The van der Waals surface area contributed by atoms with Gasteiger partial charge in [-0.15, -0.1) is 0 Å². The molecule has 1 unspecified atom stereocenters. The van der Waals surface area contributed by atoms with Gasteiger partial charge in [0, 0.05) is 7.85 Å². The Morgan fingerprint density at radius 3 is 1.33 bits per heavy atom. The molecule has 0 aromatic carbocycles. The molecule has 0 heterocycles. The molecule has 36 valence electrons. The molecular formula is C4H6I2. The fraction of sp³-hybridized carbons (Fsp3) is 1.00. The van der Waals surface area contributed by atoms with E-state index in [1.54, 1.807) is 0 Å². The van der Waals surface area contributed by atoms with Gasteiger partial charge in [-0.2, -0.15) is 0 Å². The van der Waals surface area contributed by atoms with E-state index in [1.807, 2.05) is 0 Å². The Bertz CT molecular complexity index is 45.5. The fourth-order valence-electron chi connectivity index (χ4n) is 0.419. The Kier molecular flexibility index (Phi) is 2.01. The van der Waals surface area contributed by atoms with E-state index < -0.39 is 0 Å². The van der Waals surface area contributed by atoms with Gasteiger partial charge in [-0.05, 0) is 12.8 Å². The van der Waals surface area contributed by atoms with Crippen molar-refractivity contribution in [3.8, 4) is 0 Å². The molecule has 1 aliphatic rings. The van der Waals surface area contributed by atoms with Crippen LogP contribution in [0.5, 0.6) is 0 Å². The fourth-order valence-corrected chi connectivity index (χ4v) is 1.86. The lowest BCUT2D eigenvalue weighted by Crippen LogP contribution is -2.24. The summed E-state index contributed by atoms with van der Waals surface area (Å²) in [5.41, 5.74) is 0. The second kappa shape index (κ2) is 2.15. The smallest absolute Gasteiger partial charge is 0.0228 e. The van der Waals surface area contributed by atoms with E-state index in [9.17, 15) is 0 Å². The highest BCUT2D eigenvalue weighted by atomic mass is 127. The molecule has 1 saturated carbocycles. The quantitative estimate of drug-likeness (QED) is 0.476. The summed E-state index contributed by atoms with van der Waals surface area (Å²) in [6.45, 7) is 0. The number of hydrogen-bond acceptors (Lipinski definition) is 0. The van der Waals surface area contributed by atoms with E-state index in [0.717, 1.165) is 7.85 Å². The van der Waals surface area contributed by atoms with Crippen molar-refractivity contribution in [2.24, 2.45) is 0 Å². The molecule has 2 heteroatoms. The molecule has 0 aromatic rings. The Morgan fingerprint density at radius 1 is 1.00 bits per heavy atom. The summed E-state index contributed by atoms with van der Waals surface area (Å²) >= 11 is 5.02. The number of rotatable bonds is 0. The monoisotopic (exact) mass is 308 g/mol. The minimum atomic E-state index is 0.989. The van der Waals surface area contributed by atoms with Crippen LogP contribution < -0.4 is 0 Å². The molecule has 1 fully saturated rings. The highest BCUT2D eigenvalue weighted by Crippen LogP contribution is 2.33. The van der Waals surface area contributed by atoms with Gasteiger partial charge < -0.3 is 0 Å². The molecule has 0 saturated heterocycles. The summed E-state index contributed by atoms with van der Waals surface area (Å²) in [5.74, 6) is 0. The highest BCUT2D eigenvalue weighted by Gasteiger charge is 2.24. The maximum atomic E-state index is 2.51. The van der Waals surface area contributed by atoms with Gasteiger partial charge in [0.05, 0.1) is 0 Å². The molecule has 0 spiro atoms. The molecule has 0 radical (unpaired) electrons. The van der Waals surface area contributed by atoms with Crippen LogP contribution in [0.1, 0.15) is 12.8 Å². The maximum absolute atomic E-state index is 2.51. The lowest BCUT2D eigenvalue weighted by atomic mass is 10.0. The zero-order valence-electron chi connectivity index (χ0n) is 3.32. The van der Waals surface area contributed by atoms with E-state index in [1.165, 1.54) is 12.8 Å². The summed E-state index contributed by atoms with van der Waals surface area (Å²) < 4.78 is 1.98. The Labute approximate surface area is 65.4 Å². The van der Waals surface area contributed by atoms with E-state index in [0.29, 0.717) is 0 Å². The molecule has 1 aliphatic carbocycles. The average molecular weight is 308 g/mol. The lowest BCUT2D eigenvalue weighted by Gasteiger charge is -2.26. The Morgan fingerprint density at radius 2 is 1.33 bits per heavy atom. The topological polar surface area (TPSA) is 0 Å². The molecule has 0 amide bonds. The van der Waals surface area contributed by atoms with Crippen LogP contribution in [0.4, 0.5) is 0 Å². The normalized spacial score (nSPS) is 45.0. The predicted octanol–water partition coefficient (Wildman–Crippen LogP) is 2.39. The SMILES string of the molecule is IC1CC[C@@H]1I. The van der Waals surface area contributed by atoms with Crippen LogP contribution in [0.15, 0.2) is 0 Å². The Hall–Kier alpha value is 1.46. The minimum Gasteiger partial charge on any atom is -0.0815 e. The second-order valence-corrected chi connectivity index (χ2v) is 4.81. The molecule has 0 bridgehead atoms. The van der Waals surface area contributed by atoms with Crippen LogP contribution in [0.2, 0.25) is 0 Å². The first-order valence-corrected chi connectivity index (χ1v) is 4.58. The van der Waals surface area contributed by atoms with Crippen molar-refractivity contribution in [1.82, 2.24) is 0 Å². The van der Waals surface area contributed by atoms with Crippen molar-refractivity contribution in [2.45, 2.75) is 20.7 Å². The van der Waals surface area contributed by atoms with Crippen molar-refractivity contribution in [3.63, 3.8) is 0 Å². The molecule has 6 heavy (non-hydrogen) atoms. The van der Waals surface area contributed by atoms with Crippen LogP contribution in [0, 0.1) is 0 Å². The van der Waals surface area contributed by atoms with Crippen LogP contribution >= 0.6 is 45.2 Å². The van der Waals surface area contributed by atoms with Gasteiger partial charge in [0.2, 0.25) is 0 Å².